The monoisotopic (exact) mass is 298 g/mol. The minimum absolute atomic E-state index is 0. The molecule has 0 aliphatic rings. The maximum Gasteiger partial charge on any atom is 0.221 e. The van der Waals surface area contributed by atoms with Crippen LogP contribution in [0.2, 0.25) is 0 Å². The summed E-state index contributed by atoms with van der Waals surface area (Å²) in [6, 6.07) is 10.5. The number of hydrogen-bond acceptors (Lipinski definition) is 2. The van der Waals surface area contributed by atoms with Gasteiger partial charge in [-0.2, -0.15) is 0 Å². The Morgan fingerprint density at radius 1 is 1.25 bits per heavy atom. The Hall–Kier alpha value is -1.06. The first-order valence-electron chi connectivity index (χ1n) is 7.04. The molecule has 0 radical (unpaired) electrons. The van der Waals surface area contributed by atoms with Gasteiger partial charge in [0, 0.05) is 19.5 Å². The third-order valence-electron chi connectivity index (χ3n) is 3.30. The van der Waals surface area contributed by atoms with Crippen LogP contribution in [0.5, 0.6) is 0 Å². The van der Waals surface area contributed by atoms with Crippen molar-refractivity contribution in [2.75, 3.05) is 13.1 Å². The number of amides is 1. The lowest BCUT2D eigenvalue weighted by Gasteiger charge is -2.25. The Labute approximate surface area is 128 Å². The van der Waals surface area contributed by atoms with Gasteiger partial charge in [0.1, 0.15) is 0 Å². The van der Waals surface area contributed by atoms with Crippen molar-refractivity contribution in [3.8, 4) is 0 Å². The highest BCUT2D eigenvalue weighted by Crippen LogP contribution is 2.22. The number of carbonyl (C=O) groups excluding carboxylic acids is 1. The molecule has 114 valence electrons. The quantitative estimate of drug-likeness (QED) is 0.775. The second-order valence-corrected chi connectivity index (χ2v) is 5.82. The van der Waals surface area contributed by atoms with E-state index >= 15 is 0 Å². The number of halogens is 1. The van der Waals surface area contributed by atoms with E-state index in [9.17, 15) is 4.79 Å². The van der Waals surface area contributed by atoms with Crippen LogP contribution in [0.3, 0.4) is 0 Å². The van der Waals surface area contributed by atoms with Gasteiger partial charge in [-0.15, -0.1) is 12.4 Å². The molecule has 4 heteroatoms. The first-order valence-corrected chi connectivity index (χ1v) is 7.04. The zero-order chi connectivity index (χ0) is 14.1. The summed E-state index contributed by atoms with van der Waals surface area (Å²) in [4.78, 5) is 11.4. The largest absolute Gasteiger partial charge is 0.356 e. The zero-order valence-corrected chi connectivity index (χ0v) is 13.3. The summed E-state index contributed by atoms with van der Waals surface area (Å²) in [7, 11) is 0. The van der Waals surface area contributed by atoms with Crippen LogP contribution >= 0.6 is 12.4 Å². The second kappa shape index (κ2) is 9.78. The van der Waals surface area contributed by atoms with E-state index in [4.69, 9.17) is 5.73 Å². The Bertz CT molecular complexity index is 379. The normalized spacial score (nSPS) is 10.8. The number of nitrogens with two attached hydrogens (primary N) is 1. The molecule has 20 heavy (non-hydrogen) atoms. The smallest absolute Gasteiger partial charge is 0.221 e. The third-order valence-corrected chi connectivity index (χ3v) is 3.30. The third kappa shape index (κ3) is 8.18. The van der Waals surface area contributed by atoms with Gasteiger partial charge in [0.2, 0.25) is 5.91 Å². The fourth-order valence-electron chi connectivity index (χ4n) is 2.06. The minimum atomic E-state index is 0. The average Bonchev–Trinajstić information content (AvgIpc) is 2.38. The van der Waals surface area contributed by atoms with Gasteiger partial charge in [-0.05, 0) is 30.2 Å². The SMILES string of the molecule is CC(C)(CCCc1ccccc1)CNC(=O)CCN.Cl. The van der Waals surface area contributed by atoms with E-state index in [-0.39, 0.29) is 23.7 Å². The molecule has 0 aliphatic heterocycles. The van der Waals surface area contributed by atoms with Crippen LogP contribution in [0, 0.1) is 5.41 Å². The maximum atomic E-state index is 11.4. The lowest BCUT2D eigenvalue weighted by Crippen LogP contribution is -2.34. The Morgan fingerprint density at radius 3 is 2.50 bits per heavy atom. The van der Waals surface area contributed by atoms with Gasteiger partial charge >= 0.3 is 0 Å². The molecule has 1 aromatic rings. The summed E-state index contributed by atoms with van der Waals surface area (Å²) in [6.07, 6.45) is 3.76. The van der Waals surface area contributed by atoms with Crippen LogP contribution < -0.4 is 11.1 Å². The summed E-state index contributed by atoms with van der Waals surface area (Å²) in [6.45, 7) is 5.53. The highest BCUT2D eigenvalue weighted by atomic mass is 35.5. The van der Waals surface area contributed by atoms with Crippen molar-refractivity contribution in [3.63, 3.8) is 0 Å². The lowest BCUT2D eigenvalue weighted by molar-refractivity contribution is -0.121. The molecule has 0 saturated carbocycles. The number of nitrogens with one attached hydrogen (secondary N) is 1. The van der Waals surface area contributed by atoms with E-state index in [2.05, 4.69) is 43.4 Å². The zero-order valence-electron chi connectivity index (χ0n) is 12.5. The number of rotatable bonds is 8. The minimum Gasteiger partial charge on any atom is -0.356 e. The number of aryl methyl sites for hydroxylation is 1. The summed E-state index contributed by atoms with van der Waals surface area (Å²) < 4.78 is 0. The number of hydrogen-bond donors (Lipinski definition) is 2. The number of benzene rings is 1. The molecule has 0 saturated heterocycles. The van der Waals surface area contributed by atoms with Gasteiger partial charge in [0.05, 0.1) is 0 Å². The van der Waals surface area contributed by atoms with Crippen LogP contribution in [-0.2, 0) is 11.2 Å². The van der Waals surface area contributed by atoms with E-state index in [1.165, 1.54) is 5.56 Å². The molecule has 0 aliphatic carbocycles. The summed E-state index contributed by atoms with van der Waals surface area (Å²) in [5.74, 6) is 0.0543. The summed E-state index contributed by atoms with van der Waals surface area (Å²) in [5.41, 5.74) is 6.87. The molecule has 1 amide bonds. The molecule has 1 aromatic carbocycles. The fourth-order valence-corrected chi connectivity index (χ4v) is 2.06. The van der Waals surface area contributed by atoms with E-state index in [1.807, 2.05) is 6.07 Å². The topological polar surface area (TPSA) is 55.1 Å². The summed E-state index contributed by atoms with van der Waals surface area (Å²) >= 11 is 0. The Morgan fingerprint density at radius 2 is 1.90 bits per heavy atom. The standard InChI is InChI=1S/C16H26N2O.ClH/c1-16(2,13-18-15(19)10-12-17)11-6-9-14-7-4-3-5-8-14;/h3-5,7-8H,6,9-13,17H2,1-2H3,(H,18,19);1H. The molecule has 0 unspecified atom stereocenters. The van der Waals surface area contributed by atoms with Crippen LogP contribution in [0.1, 0.15) is 38.7 Å². The highest BCUT2D eigenvalue weighted by molar-refractivity contribution is 5.85. The first kappa shape index (κ1) is 18.9. The molecule has 3 N–H and O–H groups in total. The van der Waals surface area contributed by atoms with Crippen molar-refractivity contribution in [2.24, 2.45) is 11.1 Å². The van der Waals surface area contributed by atoms with Crippen molar-refractivity contribution in [1.29, 1.82) is 0 Å². The van der Waals surface area contributed by atoms with Gasteiger partial charge in [0.25, 0.3) is 0 Å². The molecule has 3 nitrogen and oxygen atoms in total. The molecule has 0 atom stereocenters. The van der Waals surface area contributed by atoms with Crippen LogP contribution in [0.25, 0.3) is 0 Å². The second-order valence-electron chi connectivity index (χ2n) is 5.82. The van der Waals surface area contributed by atoms with Gasteiger partial charge < -0.3 is 11.1 Å². The fraction of sp³-hybridized carbons (Fsp3) is 0.562. The molecule has 0 bridgehead atoms. The predicted octanol–water partition coefficient (Wildman–Crippen LogP) is 2.92. The molecule has 0 spiro atoms. The predicted molar refractivity (Wildman–Crippen MR) is 87.1 cm³/mol. The molecule has 1 rings (SSSR count). The Balaban J connectivity index is 0.00000361. The molecular formula is C16H27ClN2O. The Kier molecular flexibility index (Phi) is 9.26. The summed E-state index contributed by atoms with van der Waals surface area (Å²) in [5, 5.41) is 2.95. The van der Waals surface area contributed by atoms with Gasteiger partial charge in [-0.1, -0.05) is 44.2 Å². The lowest BCUT2D eigenvalue weighted by atomic mass is 9.86. The maximum absolute atomic E-state index is 11.4. The van der Waals surface area contributed by atoms with Gasteiger partial charge in [-0.25, -0.2) is 0 Å². The van der Waals surface area contributed by atoms with E-state index in [0.29, 0.717) is 13.0 Å². The van der Waals surface area contributed by atoms with E-state index < -0.39 is 0 Å². The first-order chi connectivity index (χ1) is 9.03. The van der Waals surface area contributed by atoms with E-state index in [1.54, 1.807) is 0 Å². The van der Waals surface area contributed by atoms with Crippen molar-refractivity contribution >= 4 is 18.3 Å². The molecule has 0 heterocycles. The van der Waals surface area contributed by atoms with Gasteiger partial charge in [-0.3, -0.25) is 4.79 Å². The van der Waals surface area contributed by atoms with Crippen molar-refractivity contribution < 1.29 is 4.79 Å². The van der Waals surface area contributed by atoms with Crippen molar-refractivity contribution in [1.82, 2.24) is 5.32 Å². The van der Waals surface area contributed by atoms with Crippen molar-refractivity contribution in [2.45, 2.75) is 39.5 Å². The van der Waals surface area contributed by atoms with Crippen LogP contribution in [0.15, 0.2) is 30.3 Å². The average molecular weight is 299 g/mol. The van der Waals surface area contributed by atoms with Crippen LogP contribution in [0.4, 0.5) is 0 Å². The van der Waals surface area contributed by atoms with E-state index in [0.717, 1.165) is 25.8 Å². The van der Waals surface area contributed by atoms with Crippen LogP contribution in [-0.4, -0.2) is 19.0 Å². The highest BCUT2D eigenvalue weighted by Gasteiger charge is 2.18. The van der Waals surface area contributed by atoms with Crippen molar-refractivity contribution in [3.05, 3.63) is 35.9 Å². The molecular weight excluding hydrogens is 272 g/mol. The molecule has 0 fully saturated rings. The van der Waals surface area contributed by atoms with Gasteiger partial charge in [0.15, 0.2) is 0 Å². The number of carbonyl (C=O) groups is 1. The molecule has 0 aromatic heterocycles.